The lowest BCUT2D eigenvalue weighted by molar-refractivity contribution is 0.816. The van der Waals surface area contributed by atoms with E-state index in [0.717, 1.165) is 0 Å². The van der Waals surface area contributed by atoms with Crippen molar-refractivity contribution in [3.8, 4) is 0 Å². The van der Waals surface area contributed by atoms with Crippen molar-refractivity contribution in [2.45, 2.75) is 26.7 Å². The van der Waals surface area contributed by atoms with Gasteiger partial charge in [0.05, 0.1) is 5.69 Å². The van der Waals surface area contributed by atoms with Gasteiger partial charge in [-0.3, -0.25) is 14.8 Å². The van der Waals surface area contributed by atoms with E-state index in [1.807, 2.05) is 13.8 Å². The Balaban J connectivity index is 0.000000390. The van der Waals surface area contributed by atoms with Crippen molar-refractivity contribution >= 4 is 11.8 Å². The highest BCUT2D eigenvalue weighted by Gasteiger charge is 2.09. The van der Waals surface area contributed by atoms with Gasteiger partial charge in [-0.1, -0.05) is 13.8 Å². The summed E-state index contributed by atoms with van der Waals surface area (Å²) < 4.78 is 0. The largest absolute Gasteiger partial charge is 0.412 e. The number of nitrogen functional groups attached to an aromatic ring is 2. The number of hydrogen-bond donors (Lipinski definition) is 4. The molecule has 0 aliphatic rings. The molecule has 2 aromatic rings. The van der Waals surface area contributed by atoms with E-state index in [0.29, 0.717) is 17.1 Å². The lowest BCUT2D eigenvalue weighted by atomic mass is 10.0. The minimum Gasteiger partial charge on any atom is -0.412 e. The van der Waals surface area contributed by atoms with Gasteiger partial charge in [0, 0.05) is 11.8 Å². The molecule has 0 saturated heterocycles. The Morgan fingerprint density at radius 2 is 1.81 bits per heavy atom. The first-order valence-electron chi connectivity index (χ1n) is 5.98. The van der Waals surface area contributed by atoms with Crippen LogP contribution in [0.1, 0.15) is 31.0 Å². The Kier molecular flexibility index (Phi) is 6.80. The van der Waals surface area contributed by atoms with E-state index >= 15 is 0 Å². The third-order valence-corrected chi connectivity index (χ3v) is 2.44. The monoisotopic (exact) mass is 296 g/mol. The number of nitrogens with two attached hydrogens (primary N) is 2. The Morgan fingerprint density at radius 1 is 1.19 bits per heavy atom. The molecule has 2 rings (SSSR count). The van der Waals surface area contributed by atoms with Crippen LogP contribution in [-0.4, -0.2) is 25.4 Å². The average molecular weight is 296 g/mol. The van der Waals surface area contributed by atoms with Crippen LogP contribution < -0.4 is 22.7 Å². The van der Waals surface area contributed by atoms with E-state index in [9.17, 15) is 9.59 Å². The fourth-order valence-corrected chi connectivity index (χ4v) is 1.68. The fraction of sp³-hybridized carbons (Fsp3) is 0.333. The zero-order valence-corrected chi connectivity index (χ0v) is 12.1. The molecule has 0 aliphatic heterocycles. The van der Waals surface area contributed by atoms with Crippen molar-refractivity contribution in [1.29, 1.82) is 0 Å². The van der Waals surface area contributed by atoms with Gasteiger partial charge in [-0.15, -0.1) is 0 Å². The Bertz CT molecular complexity index is 692. The molecule has 0 bridgehead atoms. The van der Waals surface area contributed by atoms with Crippen LogP contribution >= 0.6 is 0 Å². The van der Waals surface area contributed by atoms with Crippen LogP contribution in [0.5, 0.6) is 0 Å². The van der Waals surface area contributed by atoms with E-state index in [1.54, 1.807) is 6.92 Å². The fourth-order valence-electron chi connectivity index (χ4n) is 1.68. The topological polar surface area (TPSA) is 175 Å². The van der Waals surface area contributed by atoms with Gasteiger partial charge in [0.2, 0.25) is 5.95 Å². The predicted octanol–water partition coefficient (Wildman–Crippen LogP) is -0.689. The van der Waals surface area contributed by atoms with Crippen LogP contribution in [0.15, 0.2) is 21.9 Å². The molecule has 21 heavy (non-hydrogen) atoms. The number of rotatable bonds is 1. The van der Waals surface area contributed by atoms with Gasteiger partial charge in [0.1, 0.15) is 5.82 Å². The normalized spacial score (nSPS) is 9.52. The van der Waals surface area contributed by atoms with Gasteiger partial charge >= 0.3 is 5.69 Å². The van der Waals surface area contributed by atoms with E-state index in [4.69, 9.17) is 11.5 Å². The lowest BCUT2D eigenvalue weighted by Gasteiger charge is -2.06. The predicted molar refractivity (Wildman–Crippen MR) is 81.0 cm³/mol. The van der Waals surface area contributed by atoms with E-state index in [-0.39, 0.29) is 22.9 Å². The van der Waals surface area contributed by atoms with Gasteiger partial charge in [-0.05, 0) is 18.9 Å². The number of aromatic amines is 2. The molecule has 0 radical (unpaired) electrons. The van der Waals surface area contributed by atoms with Crippen LogP contribution in [0.3, 0.4) is 0 Å². The summed E-state index contributed by atoms with van der Waals surface area (Å²) in [4.78, 5) is 33.7. The quantitative estimate of drug-likeness (QED) is 0.541. The van der Waals surface area contributed by atoms with Crippen LogP contribution in [0, 0.1) is 6.92 Å². The molecule has 9 heteroatoms. The minimum absolute atomic E-state index is 0. The maximum Gasteiger partial charge on any atom is 0.346 e. The smallest absolute Gasteiger partial charge is 0.346 e. The second-order valence-electron chi connectivity index (χ2n) is 4.44. The lowest BCUT2D eigenvalue weighted by Crippen LogP contribution is -2.19. The number of anilines is 2. The molecule has 0 amide bonds. The van der Waals surface area contributed by atoms with Crippen molar-refractivity contribution in [2.24, 2.45) is 0 Å². The molecule has 9 nitrogen and oxygen atoms in total. The van der Waals surface area contributed by atoms with Crippen molar-refractivity contribution in [3.63, 3.8) is 0 Å². The molecule has 2 heterocycles. The first kappa shape index (κ1) is 18.3. The molecule has 0 aliphatic carbocycles. The van der Waals surface area contributed by atoms with Gasteiger partial charge in [0.25, 0.3) is 5.56 Å². The van der Waals surface area contributed by atoms with Crippen LogP contribution in [0.25, 0.3) is 0 Å². The highest BCUT2D eigenvalue weighted by molar-refractivity contribution is 5.26. The maximum atomic E-state index is 11.3. The molecule has 0 saturated carbocycles. The molecule has 0 fully saturated rings. The summed E-state index contributed by atoms with van der Waals surface area (Å²) in [6.07, 6.45) is 1.36. The highest BCUT2D eigenvalue weighted by Crippen LogP contribution is 2.12. The Labute approximate surface area is 120 Å². The number of H-pyrrole nitrogens is 2. The van der Waals surface area contributed by atoms with E-state index in [2.05, 4.69) is 19.9 Å². The summed E-state index contributed by atoms with van der Waals surface area (Å²) >= 11 is 0. The van der Waals surface area contributed by atoms with Gasteiger partial charge in [-0.25, -0.2) is 14.8 Å². The second kappa shape index (κ2) is 7.80. The van der Waals surface area contributed by atoms with Crippen molar-refractivity contribution < 1.29 is 5.48 Å². The molecule has 116 valence electrons. The minimum atomic E-state index is -0.412. The van der Waals surface area contributed by atoms with Crippen LogP contribution in [-0.2, 0) is 0 Å². The molecule has 0 aromatic carbocycles. The Hall–Kier alpha value is -2.68. The zero-order chi connectivity index (χ0) is 15.3. The molecular weight excluding hydrogens is 276 g/mol. The molecule has 8 N–H and O–H groups in total. The number of aryl methyl sites for hydroxylation is 1. The maximum absolute atomic E-state index is 11.3. The van der Waals surface area contributed by atoms with Crippen LogP contribution in [0.4, 0.5) is 11.8 Å². The van der Waals surface area contributed by atoms with Gasteiger partial charge < -0.3 is 16.9 Å². The van der Waals surface area contributed by atoms with Crippen molar-refractivity contribution in [3.05, 3.63) is 44.4 Å². The third-order valence-electron chi connectivity index (χ3n) is 2.44. The highest BCUT2D eigenvalue weighted by atomic mass is 16.1. The average Bonchev–Trinajstić information content (AvgIpc) is 2.26. The van der Waals surface area contributed by atoms with Gasteiger partial charge in [-0.2, -0.15) is 0 Å². The Morgan fingerprint density at radius 3 is 2.19 bits per heavy atom. The van der Waals surface area contributed by atoms with Crippen LogP contribution in [0.2, 0.25) is 0 Å². The molecular formula is C12H20N6O3. The first-order chi connectivity index (χ1) is 9.31. The van der Waals surface area contributed by atoms with E-state index < -0.39 is 5.69 Å². The zero-order valence-electron chi connectivity index (χ0n) is 12.1. The second-order valence-corrected chi connectivity index (χ2v) is 4.44. The standard InChI is InChI=1S/C8H13N3O.C4H5N3O.H2O/c1-4(2)6-5(3)10-8(9)11-7(6)12;5-3-1-2-6-4(8)7-3;/h4H,1-3H3,(H3,9,10,11,12);1-2H,(H3,5,6,7,8);1H2. The summed E-state index contributed by atoms with van der Waals surface area (Å²) in [7, 11) is 0. The van der Waals surface area contributed by atoms with E-state index in [1.165, 1.54) is 12.3 Å². The molecule has 0 spiro atoms. The number of nitrogens with zero attached hydrogens (tertiary/aromatic N) is 2. The molecule has 0 atom stereocenters. The number of aromatic nitrogens is 4. The number of hydrogen-bond acceptors (Lipinski definition) is 6. The molecule has 0 unspecified atom stereocenters. The third kappa shape index (κ3) is 5.45. The van der Waals surface area contributed by atoms with Crippen molar-refractivity contribution in [2.75, 3.05) is 11.5 Å². The summed E-state index contributed by atoms with van der Waals surface area (Å²) in [6, 6.07) is 1.52. The molecule has 2 aromatic heterocycles. The van der Waals surface area contributed by atoms with Gasteiger partial charge in [0.15, 0.2) is 0 Å². The van der Waals surface area contributed by atoms with Crippen molar-refractivity contribution in [1.82, 2.24) is 19.9 Å². The summed E-state index contributed by atoms with van der Waals surface area (Å²) in [5.74, 6) is 0.703. The number of nitrogens with one attached hydrogen (secondary N) is 2. The summed E-state index contributed by atoms with van der Waals surface area (Å²) in [5.41, 5.74) is 11.4. The SMILES string of the molecule is Cc1nc(N)[nH]c(=O)c1C(C)C.Nc1ccnc(=O)[nH]1.O. The summed E-state index contributed by atoms with van der Waals surface area (Å²) in [5, 5.41) is 0. The first-order valence-corrected chi connectivity index (χ1v) is 5.98. The summed E-state index contributed by atoms with van der Waals surface area (Å²) in [6.45, 7) is 5.70.